The fraction of sp³-hybridized carbons (Fsp3) is 0.667. The van der Waals surface area contributed by atoms with Crippen molar-refractivity contribution in [3.05, 3.63) is 11.8 Å². The molecule has 0 bridgehead atoms. The number of nitrogens with two attached hydrogens (primary N) is 1. The van der Waals surface area contributed by atoms with E-state index in [0.29, 0.717) is 5.95 Å². The first kappa shape index (κ1) is 13.0. The Morgan fingerprint density at radius 3 is 2.94 bits per heavy atom. The maximum absolute atomic E-state index is 10.1. The third-order valence-electron chi connectivity index (χ3n) is 3.44. The number of nitrogens with zero attached hydrogens (tertiary/aromatic N) is 3. The molecule has 1 unspecified atom stereocenters. The first-order valence-electron chi connectivity index (χ1n) is 6.29. The number of hydrogen-bond acceptors (Lipinski definition) is 6. The van der Waals surface area contributed by atoms with Gasteiger partial charge in [-0.05, 0) is 33.1 Å². The molecule has 0 saturated carbocycles. The normalized spacial score (nSPS) is 24.8. The van der Waals surface area contributed by atoms with Crippen LogP contribution in [-0.2, 0) is 0 Å². The monoisotopic (exact) mass is 251 g/mol. The minimum absolute atomic E-state index is 0.423. The third kappa shape index (κ3) is 2.88. The molecule has 1 aromatic heterocycles. The highest BCUT2D eigenvalue weighted by Crippen LogP contribution is 2.26. The molecule has 2 rings (SSSR count). The summed E-state index contributed by atoms with van der Waals surface area (Å²) in [5.41, 5.74) is 2.93. The molecule has 1 aromatic rings. The average molecular weight is 251 g/mol. The molecule has 0 radical (unpaired) electrons. The summed E-state index contributed by atoms with van der Waals surface area (Å²) >= 11 is 0. The molecule has 4 N–H and O–H groups in total. The van der Waals surface area contributed by atoms with Crippen LogP contribution in [0.5, 0.6) is 0 Å². The quantitative estimate of drug-likeness (QED) is 0.532. The Balaban J connectivity index is 2.20. The summed E-state index contributed by atoms with van der Waals surface area (Å²) in [5, 5.41) is 10.1. The van der Waals surface area contributed by atoms with Crippen molar-refractivity contribution >= 4 is 11.8 Å². The Labute approximate surface area is 107 Å². The smallest absolute Gasteiger partial charge is 0.239 e. The van der Waals surface area contributed by atoms with Crippen molar-refractivity contribution in [2.45, 2.75) is 38.7 Å². The number of nitrogen functional groups attached to an aromatic ring is 1. The number of rotatable bonds is 2. The number of nitrogens with one attached hydrogen (secondary N) is 1. The van der Waals surface area contributed by atoms with Gasteiger partial charge in [0.1, 0.15) is 5.82 Å². The molecule has 18 heavy (non-hydrogen) atoms. The zero-order chi connectivity index (χ0) is 13.2. The van der Waals surface area contributed by atoms with Gasteiger partial charge in [-0.2, -0.15) is 4.98 Å². The molecule has 0 aromatic carbocycles. The average Bonchev–Trinajstić information content (AvgIpc) is 2.51. The van der Waals surface area contributed by atoms with Crippen LogP contribution in [0, 0.1) is 6.92 Å². The minimum atomic E-state index is -0.565. The molecule has 100 valence electrons. The molecule has 1 atom stereocenters. The van der Waals surface area contributed by atoms with Gasteiger partial charge in [0.05, 0.1) is 5.60 Å². The molecule has 1 aliphatic rings. The van der Waals surface area contributed by atoms with Crippen molar-refractivity contribution in [3.63, 3.8) is 0 Å². The summed E-state index contributed by atoms with van der Waals surface area (Å²) in [6, 6.07) is 0. The van der Waals surface area contributed by atoms with Gasteiger partial charge in [-0.25, -0.2) is 10.8 Å². The molecule has 2 heterocycles. The number of anilines is 2. The van der Waals surface area contributed by atoms with Gasteiger partial charge in [-0.15, -0.1) is 0 Å². The van der Waals surface area contributed by atoms with Crippen LogP contribution in [0.1, 0.15) is 31.7 Å². The van der Waals surface area contributed by atoms with Crippen LogP contribution in [0.25, 0.3) is 0 Å². The van der Waals surface area contributed by atoms with E-state index in [4.69, 9.17) is 5.84 Å². The van der Waals surface area contributed by atoms with E-state index in [1.807, 2.05) is 13.8 Å². The maximum atomic E-state index is 10.1. The fourth-order valence-electron chi connectivity index (χ4n) is 2.30. The van der Waals surface area contributed by atoms with Crippen LogP contribution in [0.4, 0.5) is 11.8 Å². The summed E-state index contributed by atoms with van der Waals surface area (Å²) in [7, 11) is 0. The van der Waals surface area contributed by atoms with Gasteiger partial charge in [-0.1, -0.05) is 0 Å². The molecule has 0 aliphatic carbocycles. The highest BCUT2D eigenvalue weighted by Gasteiger charge is 2.26. The van der Waals surface area contributed by atoms with E-state index in [9.17, 15) is 5.11 Å². The predicted molar refractivity (Wildman–Crippen MR) is 71.3 cm³/mol. The summed E-state index contributed by atoms with van der Waals surface area (Å²) in [5.74, 6) is 6.66. The predicted octanol–water partition coefficient (Wildman–Crippen LogP) is 0.812. The largest absolute Gasteiger partial charge is 0.390 e. The second-order valence-electron chi connectivity index (χ2n) is 5.18. The van der Waals surface area contributed by atoms with Gasteiger partial charge >= 0.3 is 0 Å². The highest BCUT2D eigenvalue weighted by molar-refractivity contribution is 5.48. The minimum Gasteiger partial charge on any atom is -0.390 e. The lowest BCUT2D eigenvalue weighted by atomic mass is 9.98. The van der Waals surface area contributed by atoms with Crippen molar-refractivity contribution in [2.75, 3.05) is 23.4 Å². The first-order valence-corrected chi connectivity index (χ1v) is 6.29. The van der Waals surface area contributed by atoms with Crippen molar-refractivity contribution < 1.29 is 5.11 Å². The van der Waals surface area contributed by atoms with Gasteiger partial charge in [0.15, 0.2) is 0 Å². The van der Waals surface area contributed by atoms with Gasteiger partial charge < -0.3 is 10.0 Å². The summed E-state index contributed by atoms with van der Waals surface area (Å²) in [4.78, 5) is 10.7. The number of aryl methyl sites for hydroxylation is 1. The SMILES string of the molecule is Cc1cnc(NN)nc1N1CCCC(C)(O)CC1. The van der Waals surface area contributed by atoms with Crippen molar-refractivity contribution in [1.82, 2.24) is 9.97 Å². The van der Waals surface area contributed by atoms with Crippen LogP contribution in [0.3, 0.4) is 0 Å². The summed E-state index contributed by atoms with van der Waals surface area (Å²) < 4.78 is 0. The Bertz CT molecular complexity index is 421. The van der Waals surface area contributed by atoms with Gasteiger partial charge in [0, 0.05) is 24.8 Å². The molecule has 6 nitrogen and oxygen atoms in total. The Hall–Kier alpha value is -1.40. The van der Waals surface area contributed by atoms with Crippen molar-refractivity contribution in [1.29, 1.82) is 0 Å². The maximum Gasteiger partial charge on any atom is 0.239 e. The second-order valence-corrected chi connectivity index (χ2v) is 5.18. The van der Waals surface area contributed by atoms with Crippen LogP contribution in [0.15, 0.2) is 6.20 Å². The zero-order valence-electron chi connectivity index (χ0n) is 11.0. The Kier molecular flexibility index (Phi) is 3.68. The lowest BCUT2D eigenvalue weighted by molar-refractivity contribution is 0.0481. The fourth-order valence-corrected chi connectivity index (χ4v) is 2.30. The van der Waals surface area contributed by atoms with E-state index in [1.165, 1.54) is 0 Å². The Morgan fingerprint density at radius 1 is 1.44 bits per heavy atom. The van der Waals surface area contributed by atoms with Gasteiger partial charge in [-0.3, -0.25) is 5.43 Å². The number of hydrazine groups is 1. The van der Waals surface area contributed by atoms with Crippen molar-refractivity contribution in [3.8, 4) is 0 Å². The highest BCUT2D eigenvalue weighted by atomic mass is 16.3. The molecule has 1 saturated heterocycles. The molecule has 1 fully saturated rings. The van der Waals surface area contributed by atoms with Crippen LogP contribution in [-0.4, -0.2) is 33.8 Å². The standard InChI is InChI=1S/C12H21N5O/c1-9-8-14-11(16-13)15-10(9)17-6-3-4-12(2,18)5-7-17/h8,18H,3-7,13H2,1-2H3,(H,14,15,16). The zero-order valence-corrected chi connectivity index (χ0v) is 11.0. The summed E-state index contributed by atoms with van der Waals surface area (Å²) in [6.45, 7) is 5.59. The van der Waals surface area contributed by atoms with E-state index >= 15 is 0 Å². The molecular weight excluding hydrogens is 230 g/mol. The lowest BCUT2D eigenvalue weighted by Gasteiger charge is -2.24. The number of aliphatic hydroxyl groups is 1. The molecule has 1 aliphatic heterocycles. The first-order chi connectivity index (χ1) is 8.52. The van der Waals surface area contributed by atoms with Crippen LogP contribution in [0.2, 0.25) is 0 Å². The molecule has 0 amide bonds. The van der Waals surface area contributed by atoms with E-state index in [-0.39, 0.29) is 0 Å². The van der Waals surface area contributed by atoms with E-state index in [1.54, 1.807) is 6.20 Å². The van der Waals surface area contributed by atoms with Crippen LogP contribution >= 0.6 is 0 Å². The van der Waals surface area contributed by atoms with E-state index in [0.717, 1.165) is 43.7 Å². The van der Waals surface area contributed by atoms with Gasteiger partial charge in [0.25, 0.3) is 0 Å². The molecule has 0 spiro atoms. The topological polar surface area (TPSA) is 87.3 Å². The Morgan fingerprint density at radius 2 is 2.22 bits per heavy atom. The number of aromatic nitrogens is 2. The third-order valence-corrected chi connectivity index (χ3v) is 3.44. The summed E-state index contributed by atoms with van der Waals surface area (Å²) in [6.07, 6.45) is 4.31. The van der Waals surface area contributed by atoms with E-state index in [2.05, 4.69) is 20.3 Å². The second kappa shape index (κ2) is 5.07. The lowest BCUT2D eigenvalue weighted by Crippen LogP contribution is -2.29. The van der Waals surface area contributed by atoms with Crippen molar-refractivity contribution in [2.24, 2.45) is 5.84 Å². The van der Waals surface area contributed by atoms with Gasteiger partial charge in [0.2, 0.25) is 5.95 Å². The molecular formula is C12H21N5O. The molecule has 6 heteroatoms. The number of hydrogen-bond donors (Lipinski definition) is 3. The van der Waals surface area contributed by atoms with Crippen LogP contribution < -0.4 is 16.2 Å². The van der Waals surface area contributed by atoms with E-state index < -0.39 is 5.60 Å².